The molecule has 0 N–H and O–H groups in total. The minimum absolute atomic E-state index is 0.319. The Morgan fingerprint density at radius 2 is 1.38 bits per heavy atom. The number of halogens is 1. The molecule has 188 valence electrons. The highest BCUT2D eigenvalue weighted by Gasteiger charge is 2.25. The molecule has 1 aliphatic rings. The minimum Gasteiger partial charge on any atom is -0.240 e. The summed E-state index contributed by atoms with van der Waals surface area (Å²) in [7, 11) is 0. The highest BCUT2D eigenvalue weighted by Crippen LogP contribution is 2.37. The van der Waals surface area contributed by atoms with Crippen LogP contribution in [0, 0.1) is 11.9 Å². The van der Waals surface area contributed by atoms with E-state index in [1.807, 2.05) is 12.1 Å². The molecule has 2 aromatic rings. The Balaban J connectivity index is 1.44. The van der Waals surface area contributed by atoms with Crippen molar-refractivity contribution in [1.29, 1.82) is 0 Å². The van der Waals surface area contributed by atoms with Gasteiger partial charge in [-0.3, -0.25) is 0 Å². The van der Waals surface area contributed by atoms with Gasteiger partial charge in [-0.2, -0.15) is 4.39 Å². The number of rotatable bonds is 15. The highest BCUT2D eigenvalue weighted by atomic mass is 19.1. The Morgan fingerprint density at radius 3 is 2.03 bits per heavy atom. The predicted octanol–water partition coefficient (Wildman–Crippen LogP) is 9.82. The summed E-state index contributed by atoms with van der Waals surface area (Å²) in [5, 5.41) is 0. The van der Waals surface area contributed by atoms with Crippen molar-refractivity contribution >= 4 is 0 Å². The SMILES string of the molecule is CCCCCCCCCCc1ccc(-c2cnc(C3CCC(CCCCC)CC3)nc2F)cc1. The monoisotopic (exact) mass is 466 g/mol. The topological polar surface area (TPSA) is 25.8 Å². The molecule has 0 bridgehead atoms. The summed E-state index contributed by atoms with van der Waals surface area (Å²) in [4.78, 5) is 8.92. The van der Waals surface area contributed by atoms with Gasteiger partial charge < -0.3 is 0 Å². The molecule has 3 heteroatoms. The number of aryl methyl sites for hydroxylation is 1. The van der Waals surface area contributed by atoms with E-state index in [4.69, 9.17) is 0 Å². The first-order valence-electron chi connectivity index (χ1n) is 14.3. The molecule has 1 fully saturated rings. The van der Waals surface area contributed by atoms with Gasteiger partial charge in [-0.05, 0) is 55.6 Å². The fourth-order valence-electron chi connectivity index (χ4n) is 5.47. The molecule has 1 saturated carbocycles. The molecule has 1 aliphatic carbocycles. The van der Waals surface area contributed by atoms with Gasteiger partial charge in [0.15, 0.2) is 0 Å². The summed E-state index contributed by atoms with van der Waals surface area (Å²) in [5.74, 6) is 1.50. The number of unbranched alkanes of at least 4 members (excludes halogenated alkanes) is 9. The summed E-state index contributed by atoms with van der Waals surface area (Å²) in [6, 6.07) is 8.35. The van der Waals surface area contributed by atoms with Gasteiger partial charge in [0.1, 0.15) is 5.82 Å². The number of nitrogens with zero attached hydrogens (tertiary/aromatic N) is 2. The van der Waals surface area contributed by atoms with Gasteiger partial charge in [0.05, 0.1) is 5.56 Å². The summed E-state index contributed by atoms with van der Waals surface area (Å²) in [6.07, 6.45) is 23.5. The molecular weight excluding hydrogens is 419 g/mol. The van der Waals surface area contributed by atoms with Crippen molar-refractivity contribution in [3.63, 3.8) is 0 Å². The lowest BCUT2D eigenvalue weighted by atomic mass is 9.79. The Hall–Kier alpha value is -1.77. The van der Waals surface area contributed by atoms with E-state index in [-0.39, 0.29) is 5.95 Å². The van der Waals surface area contributed by atoms with E-state index in [1.165, 1.54) is 95.5 Å². The average molecular weight is 467 g/mol. The Kier molecular flexibility index (Phi) is 12.1. The van der Waals surface area contributed by atoms with Crippen LogP contribution in [-0.4, -0.2) is 9.97 Å². The minimum atomic E-state index is -0.370. The second kappa shape index (κ2) is 15.3. The maximum Gasteiger partial charge on any atom is 0.224 e. The van der Waals surface area contributed by atoms with Crippen molar-refractivity contribution in [3.8, 4) is 11.1 Å². The van der Waals surface area contributed by atoms with Crippen molar-refractivity contribution in [1.82, 2.24) is 9.97 Å². The van der Waals surface area contributed by atoms with Crippen molar-refractivity contribution < 1.29 is 4.39 Å². The lowest BCUT2D eigenvalue weighted by Gasteiger charge is -2.27. The van der Waals surface area contributed by atoms with E-state index < -0.39 is 0 Å². The van der Waals surface area contributed by atoms with Crippen LogP contribution >= 0.6 is 0 Å². The second-order valence-electron chi connectivity index (χ2n) is 10.6. The Bertz CT molecular complexity index is 809. The van der Waals surface area contributed by atoms with Gasteiger partial charge in [-0.25, -0.2) is 9.97 Å². The molecular formula is C31H47FN2. The largest absolute Gasteiger partial charge is 0.240 e. The van der Waals surface area contributed by atoms with Gasteiger partial charge in [0.25, 0.3) is 0 Å². The Labute approximate surface area is 208 Å². The molecule has 1 aromatic heterocycles. The maximum absolute atomic E-state index is 14.9. The van der Waals surface area contributed by atoms with Crippen molar-refractivity contribution in [3.05, 3.63) is 47.8 Å². The number of hydrogen-bond acceptors (Lipinski definition) is 2. The van der Waals surface area contributed by atoms with Crippen molar-refractivity contribution in [2.75, 3.05) is 0 Å². The van der Waals surface area contributed by atoms with Crippen LogP contribution in [0.25, 0.3) is 11.1 Å². The summed E-state index contributed by atoms with van der Waals surface area (Å²) >= 11 is 0. The van der Waals surface area contributed by atoms with Gasteiger partial charge in [0.2, 0.25) is 5.95 Å². The van der Waals surface area contributed by atoms with Crippen LogP contribution < -0.4 is 0 Å². The van der Waals surface area contributed by atoms with E-state index in [1.54, 1.807) is 6.20 Å². The summed E-state index contributed by atoms with van der Waals surface area (Å²) in [5.41, 5.74) is 2.74. The molecule has 0 radical (unpaired) electrons. The zero-order valence-corrected chi connectivity index (χ0v) is 21.8. The first-order chi connectivity index (χ1) is 16.7. The van der Waals surface area contributed by atoms with Crippen LogP contribution in [-0.2, 0) is 6.42 Å². The Morgan fingerprint density at radius 1 is 0.765 bits per heavy atom. The quantitative estimate of drug-likeness (QED) is 0.193. The molecule has 2 nitrogen and oxygen atoms in total. The molecule has 0 aliphatic heterocycles. The lowest BCUT2D eigenvalue weighted by Crippen LogP contribution is -2.16. The molecule has 0 amide bonds. The molecule has 0 saturated heterocycles. The molecule has 0 unspecified atom stereocenters. The van der Waals surface area contributed by atoms with Crippen LogP contribution in [0.1, 0.15) is 134 Å². The molecule has 1 heterocycles. The van der Waals surface area contributed by atoms with Crippen LogP contribution in [0.2, 0.25) is 0 Å². The smallest absolute Gasteiger partial charge is 0.224 e. The second-order valence-corrected chi connectivity index (χ2v) is 10.6. The van der Waals surface area contributed by atoms with Gasteiger partial charge >= 0.3 is 0 Å². The van der Waals surface area contributed by atoms with Crippen LogP contribution in [0.15, 0.2) is 30.5 Å². The highest BCUT2D eigenvalue weighted by molar-refractivity contribution is 5.62. The third-order valence-corrected chi connectivity index (χ3v) is 7.77. The van der Waals surface area contributed by atoms with E-state index in [0.29, 0.717) is 17.3 Å². The van der Waals surface area contributed by atoms with E-state index >= 15 is 0 Å². The first-order valence-corrected chi connectivity index (χ1v) is 14.3. The van der Waals surface area contributed by atoms with E-state index in [9.17, 15) is 4.39 Å². The van der Waals surface area contributed by atoms with Crippen LogP contribution in [0.5, 0.6) is 0 Å². The molecule has 3 rings (SSSR count). The number of hydrogen-bond donors (Lipinski definition) is 0. The zero-order chi connectivity index (χ0) is 24.0. The molecule has 0 atom stereocenters. The standard InChI is InChI=1S/C31H47FN2/c1-3-5-7-8-9-10-11-13-15-26-16-20-27(21-17-26)29-24-33-31(34-30(29)32)28-22-18-25(19-23-28)14-12-6-4-2/h16-17,20-21,24-25,28H,3-15,18-19,22-23H2,1-2H3. The van der Waals surface area contributed by atoms with Crippen LogP contribution in [0.3, 0.4) is 0 Å². The van der Waals surface area contributed by atoms with E-state index in [2.05, 4.69) is 35.9 Å². The van der Waals surface area contributed by atoms with Crippen molar-refractivity contribution in [2.45, 2.75) is 129 Å². The molecule has 0 spiro atoms. The maximum atomic E-state index is 14.9. The zero-order valence-electron chi connectivity index (χ0n) is 21.8. The average Bonchev–Trinajstić information content (AvgIpc) is 2.87. The third-order valence-electron chi connectivity index (χ3n) is 7.77. The number of benzene rings is 1. The van der Waals surface area contributed by atoms with Gasteiger partial charge in [0, 0.05) is 12.1 Å². The van der Waals surface area contributed by atoms with Crippen molar-refractivity contribution in [2.24, 2.45) is 5.92 Å². The molecule has 1 aromatic carbocycles. The van der Waals surface area contributed by atoms with Gasteiger partial charge in [-0.1, -0.05) is 109 Å². The molecule has 34 heavy (non-hydrogen) atoms. The lowest BCUT2D eigenvalue weighted by molar-refractivity contribution is 0.296. The fraction of sp³-hybridized carbons (Fsp3) is 0.677. The fourth-order valence-corrected chi connectivity index (χ4v) is 5.47. The summed E-state index contributed by atoms with van der Waals surface area (Å²) in [6.45, 7) is 4.53. The van der Waals surface area contributed by atoms with E-state index in [0.717, 1.165) is 30.7 Å². The first kappa shape index (κ1) is 26.8. The normalized spacial score (nSPS) is 18.3. The predicted molar refractivity (Wildman–Crippen MR) is 143 cm³/mol. The van der Waals surface area contributed by atoms with Gasteiger partial charge in [-0.15, -0.1) is 0 Å². The number of aromatic nitrogens is 2. The third kappa shape index (κ3) is 8.78. The summed E-state index contributed by atoms with van der Waals surface area (Å²) < 4.78 is 14.9. The van der Waals surface area contributed by atoms with Crippen LogP contribution in [0.4, 0.5) is 4.39 Å².